The Labute approximate surface area is 137 Å². The van der Waals surface area contributed by atoms with Gasteiger partial charge in [-0.2, -0.15) is 0 Å². The van der Waals surface area contributed by atoms with Gasteiger partial charge in [0.05, 0.1) is 5.25 Å². The number of likely N-dealkylation sites (N-methyl/N-ethyl adjacent to an activating group) is 1. The van der Waals surface area contributed by atoms with E-state index in [-0.39, 0.29) is 10.8 Å². The first kappa shape index (κ1) is 16.7. The number of pyridine rings is 1. The summed E-state index contributed by atoms with van der Waals surface area (Å²) < 4.78 is 28.4. The summed E-state index contributed by atoms with van der Waals surface area (Å²) in [6.07, 6.45) is 2.88. The molecule has 7 heteroatoms. The molecular weight excluding hydrogens is 314 g/mol. The standard InChI is InChI=1S/C16H25N3O3S/c1-17(2)11-12-19-15-8-10-18(23(21,22)14-4-5-14)9-7-13(15)3-6-16(19)20/h3,6,14H,4-5,7-12H2,1-2H3. The molecule has 0 unspecified atom stereocenters. The topological polar surface area (TPSA) is 62.6 Å². The van der Waals surface area contributed by atoms with Crippen LogP contribution in [-0.2, 0) is 29.4 Å². The van der Waals surface area contributed by atoms with Gasteiger partial charge in [0.25, 0.3) is 5.56 Å². The van der Waals surface area contributed by atoms with Crippen molar-refractivity contribution in [2.75, 3.05) is 33.7 Å². The van der Waals surface area contributed by atoms with Crippen LogP contribution in [0.3, 0.4) is 0 Å². The van der Waals surface area contributed by atoms with Crippen LogP contribution >= 0.6 is 0 Å². The molecule has 0 N–H and O–H groups in total. The van der Waals surface area contributed by atoms with Gasteiger partial charge >= 0.3 is 0 Å². The third-order valence-corrected chi connectivity index (χ3v) is 7.09. The predicted molar refractivity (Wildman–Crippen MR) is 90.2 cm³/mol. The van der Waals surface area contributed by atoms with E-state index in [0.29, 0.717) is 32.5 Å². The van der Waals surface area contributed by atoms with Crippen LogP contribution < -0.4 is 5.56 Å². The van der Waals surface area contributed by atoms with Crippen molar-refractivity contribution in [3.63, 3.8) is 0 Å². The van der Waals surface area contributed by atoms with Crippen molar-refractivity contribution in [1.82, 2.24) is 13.8 Å². The first-order chi connectivity index (χ1) is 10.9. The van der Waals surface area contributed by atoms with Gasteiger partial charge in [0.1, 0.15) is 0 Å². The van der Waals surface area contributed by atoms with Crippen molar-refractivity contribution in [2.45, 2.75) is 37.5 Å². The van der Waals surface area contributed by atoms with Gasteiger partial charge in [-0.15, -0.1) is 0 Å². The molecular formula is C16H25N3O3S. The van der Waals surface area contributed by atoms with E-state index in [1.165, 1.54) is 0 Å². The summed E-state index contributed by atoms with van der Waals surface area (Å²) in [6, 6.07) is 3.48. The maximum Gasteiger partial charge on any atom is 0.250 e. The Morgan fingerprint density at radius 3 is 2.52 bits per heavy atom. The van der Waals surface area contributed by atoms with Crippen LogP contribution in [0.1, 0.15) is 24.1 Å². The average Bonchev–Trinajstić information content (AvgIpc) is 3.32. The number of nitrogens with zero attached hydrogens (tertiary/aromatic N) is 3. The predicted octanol–water partition coefficient (Wildman–Crippen LogP) is 0.303. The average molecular weight is 339 g/mol. The molecule has 3 rings (SSSR count). The van der Waals surface area contributed by atoms with Crippen molar-refractivity contribution < 1.29 is 8.42 Å². The van der Waals surface area contributed by atoms with Crippen LogP contribution in [0.2, 0.25) is 0 Å². The maximum absolute atomic E-state index is 12.5. The van der Waals surface area contributed by atoms with Crippen LogP contribution in [-0.4, -0.2) is 61.2 Å². The molecule has 2 heterocycles. The monoisotopic (exact) mass is 339 g/mol. The largest absolute Gasteiger partial charge is 0.311 e. The molecule has 0 aromatic carbocycles. The summed E-state index contributed by atoms with van der Waals surface area (Å²) >= 11 is 0. The summed E-state index contributed by atoms with van der Waals surface area (Å²) in [5.41, 5.74) is 2.12. The van der Waals surface area contributed by atoms with Crippen molar-refractivity contribution >= 4 is 10.0 Å². The van der Waals surface area contributed by atoms with E-state index in [1.54, 1.807) is 10.4 Å². The molecule has 6 nitrogen and oxygen atoms in total. The molecule has 0 amide bonds. The molecule has 1 fully saturated rings. The quantitative estimate of drug-likeness (QED) is 0.774. The van der Waals surface area contributed by atoms with E-state index in [1.807, 2.05) is 29.6 Å². The number of hydrogen-bond acceptors (Lipinski definition) is 4. The van der Waals surface area contributed by atoms with E-state index in [4.69, 9.17) is 0 Å². The summed E-state index contributed by atoms with van der Waals surface area (Å²) in [5.74, 6) is 0. The summed E-state index contributed by atoms with van der Waals surface area (Å²) in [6.45, 7) is 2.44. The van der Waals surface area contributed by atoms with Crippen LogP contribution in [0.4, 0.5) is 0 Å². The van der Waals surface area contributed by atoms with Crippen LogP contribution in [0.25, 0.3) is 0 Å². The molecule has 1 aliphatic carbocycles. The lowest BCUT2D eigenvalue weighted by Gasteiger charge is -2.19. The molecule has 2 aliphatic rings. The zero-order valence-electron chi connectivity index (χ0n) is 13.9. The zero-order chi connectivity index (χ0) is 16.6. The number of hydrogen-bond donors (Lipinski definition) is 0. The van der Waals surface area contributed by atoms with E-state index in [2.05, 4.69) is 0 Å². The van der Waals surface area contributed by atoms with Crippen LogP contribution in [0.15, 0.2) is 16.9 Å². The molecule has 1 aliphatic heterocycles. The highest BCUT2D eigenvalue weighted by Gasteiger charge is 2.40. The highest BCUT2D eigenvalue weighted by atomic mass is 32.2. The number of fused-ring (bicyclic) bond motifs is 1. The second-order valence-corrected chi connectivity index (χ2v) is 8.95. The van der Waals surface area contributed by atoms with E-state index in [9.17, 15) is 13.2 Å². The molecule has 128 valence electrons. The van der Waals surface area contributed by atoms with Gasteiger partial charge in [0.2, 0.25) is 10.0 Å². The second kappa shape index (κ2) is 6.37. The summed E-state index contributed by atoms with van der Waals surface area (Å²) in [7, 11) is 0.825. The first-order valence-corrected chi connectivity index (χ1v) is 9.75. The Balaban J connectivity index is 1.84. The van der Waals surface area contributed by atoms with Crippen molar-refractivity contribution in [3.8, 4) is 0 Å². The third kappa shape index (κ3) is 3.51. The summed E-state index contributed by atoms with van der Waals surface area (Å²) in [4.78, 5) is 14.3. The number of rotatable bonds is 5. The SMILES string of the molecule is CN(C)CCn1c2c(ccc1=O)CCN(S(=O)(=O)C1CC1)CC2. The van der Waals surface area contributed by atoms with Crippen molar-refractivity contribution in [3.05, 3.63) is 33.7 Å². The zero-order valence-corrected chi connectivity index (χ0v) is 14.7. The van der Waals surface area contributed by atoms with E-state index in [0.717, 1.165) is 30.6 Å². The van der Waals surface area contributed by atoms with Crippen molar-refractivity contribution in [1.29, 1.82) is 0 Å². The van der Waals surface area contributed by atoms with Gasteiger partial charge < -0.3 is 9.47 Å². The Morgan fingerprint density at radius 2 is 1.87 bits per heavy atom. The van der Waals surface area contributed by atoms with Gasteiger partial charge in [0.15, 0.2) is 0 Å². The fourth-order valence-electron chi connectivity index (χ4n) is 3.15. The highest BCUT2D eigenvalue weighted by Crippen LogP contribution is 2.32. The maximum atomic E-state index is 12.5. The Hall–Kier alpha value is -1.18. The fraction of sp³-hybridized carbons (Fsp3) is 0.688. The molecule has 0 bridgehead atoms. The lowest BCUT2D eigenvalue weighted by atomic mass is 10.1. The highest BCUT2D eigenvalue weighted by molar-refractivity contribution is 7.90. The van der Waals surface area contributed by atoms with Gasteiger partial charge in [-0.1, -0.05) is 6.07 Å². The molecule has 1 aromatic heterocycles. The Morgan fingerprint density at radius 1 is 1.17 bits per heavy atom. The van der Waals surface area contributed by atoms with Crippen molar-refractivity contribution in [2.24, 2.45) is 0 Å². The normalized spacial score (nSPS) is 19.6. The molecule has 1 saturated carbocycles. The fourth-order valence-corrected chi connectivity index (χ4v) is 5.00. The van der Waals surface area contributed by atoms with E-state index >= 15 is 0 Å². The number of sulfonamides is 1. The van der Waals surface area contributed by atoms with Gasteiger partial charge in [-0.25, -0.2) is 12.7 Å². The molecule has 0 radical (unpaired) electrons. The molecule has 0 spiro atoms. The number of aromatic nitrogens is 1. The minimum atomic E-state index is -3.14. The molecule has 0 atom stereocenters. The van der Waals surface area contributed by atoms with Crippen LogP contribution in [0.5, 0.6) is 0 Å². The van der Waals surface area contributed by atoms with Gasteiger partial charge in [-0.3, -0.25) is 4.79 Å². The van der Waals surface area contributed by atoms with Gasteiger partial charge in [-0.05, 0) is 38.9 Å². The lowest BCUT2D eigenvalue weighted by Crippen LogP contribution is -2.36. The minimum Gasteiger partial charge on any atom is -0.311 e. The Kier molecular flexibility index (Phi) is 4.62. The molecule has 1 aromatic rings. The summed E-state index contributed by atoms with van der Waals surface area (Å²) in [5, 5.41) is -0.167. The Bertz CT molecular complexity index is 735. The molecule has 23 heavy (non-hydrogen) atoms. The second-order valence-electron chi connectivity index (χ2n) is 6.74. The lowest BCUT2D eigenvalue weighted by molar-refractivity contribution is 0.375. The first-order valence-electron chi connectivity index (χ1n) is 8.25. The van der Waals surface area contributed by atoms with Gasteiger partial charge in [0, 0.05) is 44.4 Å². The third-order valence-electron chi connectivity index (χ3n) is 4.69. The van der Waals surface area contributed by atoms with Crippen LogP contribution in [0, 0.1) is 0 Å². The minimum absolute atomic E-state index is 0.00380. The smallest absolute Gasteiger partial charge is 0.250 e. The molecule has 0 saturated heterocycles. The van der Waals surface area contributed by atoms with E-state index < -0.39 is 10.0 Å².